The monoisotopic (exact) mass is 267 g/mol. The van der Waals surface area contributed by atoms with E-state index in [1.807, 2.05) is 18.2 Å². The van der Waals surface area contributed by atoms with Gasteiger partial charge in [-0.05, 0) is 60.6 Å². The van der Waals surface area contributed by atoms with Gasteiger partial charge in [0, 0.05) is 6.04 Å². The van der Waals surface area contributed by atoms with Gasteiger partial charge in [-0.1, -0.05) is 30.3 Å². The molecule has 2 N–H and O–H groups in total. The minimum atomic E-state index is 0.165. The van der Waals surface area contributed by atoms with E-state index in [0.717, 1.165) is 18.6 Å². The molecule has 0 aromatic heterocycles. The molecule has 3 rings (SSSR count). The van der Waals surface area contributed by atoms with E-state index in [2.05, 4.69) is 31.2 Å². The van der Waals surface area contributed by atoms with E-state index in [0.29, 0.717) is 6.61 Å². The van der Waals surface area contributed by atoms with Crippen LogP contribution in [0.3, 0.4) is 0 Å². The predicted molar refractivity (Wildman–Crippen MR) is 81.8 cm³/mol. The van der Waals surface area contributed by atoms with Crippen LogP contribution in [0.4, 0.5) is 0 Å². The summed E-state index contributed by atoms with van der Waals surface area (Å²) in [6.45, 7) is 2.76. The van der Waals surface area contributed by atoms with E-state index in [-0.39, 0.29) is 6.04 Å². The normalized spacial score (nSPS) is 17.6. The van der Waals surface area contributed by atoms with Gasteiger partial charge in [0.25, 0.3) is 0 Å². The van der Waals surface area contributed by atoms with Gasteiger partial charge in [-0.25, -0.2) is 0 Å². The molecule has 0 saturated heterocycles. The Morgan fingerprint density at radius 2 is 2.00 bits per heavy atom. The average molecular weight is 267 g/mol. The molecule has 1 aliphatic carbocycles. The second-order valence-corrected chi connectivity index (χ2v) is 5.58. The summed E-state index contributed by atoms with van der Waals surface area (Å²) in [6, 6.07) is 14.7. The van der Waals surface area contributed by atoms with Gasteiger partial charge in [-0.3, -0.25) is 0 Å². The molecule has 0 spiro atoms. The predicted octanol–water partition coefficient (Wildman–Crippen LogP) is 3.91. The van der Waals surface area contributed by atoms with Gasteiger partial charge in [0.05, 0.1) is 0 Å². The molecule has 104 valence electrons. The first-order valence-electron chi connectivity index (χ1n) is 7.30. The first kappa shape index (κ1) is 13.2. The zero-order chi connectivity index (χ0) is 13.9. The van der Waals surface area contributed by atoms with E-state index in [9.17, 15) is 0 Å². The van der Waals surface area contributed by atoms with Gasteiger partial charge in [-0.2, -0.15) is 0 Å². The fourth-order valence-corrected chi connectivity index (χ4v) is 2.96. The fraction of sp³-hybridized carbons (Fsp3) is 0.333. The van der Waals surface area contributed by atoms with Crippen LogP contribution in [0.1, 0.15) is 41.1 Å². The molecule has 0 saturated carbocycles. The van der Waals surface area contributed by atoms with Crippen molar-refractivity contribution in [1.82, 2.24) is 0 Å². The molecule has 2 nitrogen and oxygen atoms in total. The summed E-state index contributed by atoms with van der Waals surface area (Å²) < 4.78 is 5.93. The quantitative estimate of drug-likeness (QED) is 0.915. The van der Waals surface area contributed by atoms with Crippen LogP contribution in [0.25, 0.3) is 0 Å². The van der Waals surface area contributed by atoms with Gasteiger partial charge in [0.2, 0.25) is 0 Å². The van der Waals surface area contributed by atoms with Crippen LogP contribution in [-0.4, -0.2) is 0 Å². The van der Waals surface area contributed by atoms with E-state index < -0.39 is 0 Å². The van der Waals surface area contributed by atoms with E-state index >= 15 is 0 Å². The van der Waals surface area contributed by atoms with Gasteiger partial charge in [0.1, 0.15) is 12.4 Å². The van der Waals surface area contributed by atoms with Crippen molar-refractivity contribution in [2.45, 2.75) is 38.8 Å². The highest BCUT2D eigenvalue weighted by atomic mass is 16.5. The van der Waals surface area contributed by atoms with Gasteiger partial charge < -0.3 is 10.5 Å². The van der Waals surface area contributed by atoms with Crippen LogP contribution in [0.15, 0.2) is 42.5 Å². The lowest BCUT2D eigenvalue weighted by atomic mass is 9.85. The van der Waals surface area contributed by atoms with E-state index in [1.165, 1.54) is 28.7 Å². The number of aryl methyl sites for hydroxylation is 1. The Bertz CT molecular complexity index is 592. The van der Waals surface area contributed by atoms with Crippen LogP contribution in [0.5, 0.6) is 5.75 Å². The van der Waals surface area contributed by atoms with Crippen LogP contribution >= 0.6 is 0 Å². The third kappa shape index (κ3) is 2.70. The highest BCUT2D eigenvalue weighted by Crippen LogP contribution is 2.33. The molecule has 0 heterocycles. The molecule has 2 aromatic rings. The maximum absolute atomic E-state index is 6.24. The summed E-state index contributed by atoms with van der Waals surface area (Å²) in [4.78, 5) is 0. The minimum Gasteiger partial charge on any atom is -0.489 e. The lowest BCUT2D eigenvalue weighted by Crippen LogP contribution is -2.18. The molecule has 2 heteroatoms. The first-order valence-corrected chi connectivity index (χ1v) is 7.30. The van der Waals surface area contributed by atoms with Crippen LogP contribution in [-0.2, 0) is 13.0 Å². The SMILES string of the molecule is Cc1cc(OCc2ccccc2)cc2c1CCC[C@H]2N. The van der Waals surface area contributed by atoms with Gasteiger partial charge >= 0.3 is 0 Å². The molecule has 20 heavy (non-hydrogen) atoms. The van der Waals surface area contributed by atoms with E-state index in [4.69, 9.17) is 10.5 Å². The summed E-state index contributed by atoms with van der Waals surface area (Å²) in [7, 11) is 0. The Kier molecular flexibility index (Phi) is 3.75. The summed E-state index contributed by atoms with van der Waals surface area (Å²) in [6.07, 6.45) is 3.42. The van der Waals surface area contributed by atoms with Gasteiger partial charge in [0.15, 0.2) is 0 Å². The zero-order valence-corrected chi connectivity index (χ0v) is 11.9. The number of nitrogens with two attached hydrogens (primary N) is 1. The Hall–Kier alpha value is -1.80. The number of hydrogen-bond donors (Lipinski definition) is 1. The molecule has 1 aliphatic rings. The van der Waals surface area contributed by atoms with Crippen molar-refractivity contribution >= 4 is 0 Å². The lowest BCUT2D eigenvalue weighted by Gasteiger charge is -2.24. The number of ether oxygens (including phenoxy) is 1. The Morgan fingerprint density at radius 3 is 2.80 bits per heavy atom. The molecule has 0 radical (unpaired) electrons. The van der Waals surface area contributed by atoms with Crippen molar-refractivity contribution in [1.29, 1.82) is 0 Å². The molecule has 1 atom stereocenters. The molecule has 0 unspecified atom stereocenters. The molecule has 0 fully saturated rings. The molecular formula is C18H21NO. The molecule has 2 aromatic carbocycles. The summed E-state index contributed by atoms with van der Waals surface area (Å²) in [5, 5.41) is 0. The van der Waals surface area contributed by atoms with Crippen LogP contribution < -0.4 is 10.5 Å². The maximum Gasteiger partial charge on any atom is 0.120 e. The number of fused-ring (bicyclic) bond motifs is 1. The molecular weight excluding hydrogens is 246 g/mol. The van der Waals surface area contributed by atoms with Crippen molar-refractivity contribution in [3.05, 3.63) is 64.7 Å². The van der Waals surface area contributed by atoms with Crippen molar-refractivity contribution in [2.75, 3.05) is 0 Å². The Labute approximate surface area is 120 Å². The smallest absolute Gasteiger partial charge is 0.120 e. The topological polar surface area (TPSA) is 35.2 Å². The third-order valence-electron chi connectivity index (χ3n) is 4.07. The average Bonchev–Trinajstić information content (AvgIpc) is 2.47. The van der Waals surface area contributed by atoms with E-state index in [1.54, 1.807) is 0 Å². The van der Waals surface area contributed by atoms with Crippen molar-refractivity contribution in [2.24, 2.45) is 5.73 Å². The summed E-state index contributed by atoms with van der Waals surface area (Å²) in [5.74, 6) is 0.933. The highest BCUT2D eigenvalue weighted by molar-refractivity contribution is 5.44. The molecule has 0 bridgehead atoms. The van der Waals surface area contributed by atoms with Gasteiger partial charge in [-0.15, -0.1) is 0 Å². The minimum absolute atomic E-state index is 0.165. The number of rotatable bonds is 3. The van der Waals surface area contributed by atoms with Crippen molar-refractivity contribution < 1.29 is 4.74 Å². The van der Waals surface area contributed by atoms with Crippen molar-refractivity contribution in [3.8, 4) is 5.75 Å². The zero-order valence-electron chi connectivity index (χ0n) is 11.9. The summed E-state index contributed by atoms with van der Waals surface area (Å²) >= 11 is 0. The highest BCUT2D eigenvalue weighted by Gasteiger charge is 2.19. The summed E-state index contributed by atoms with van der Waals surface area (Å²) in [5.41, 5.74) is 11.4. The van der Waals surface area contributed by atoms with Crippen LogP contribution in [0.2, 0.25) is 0 Å². The fourth-order valence-electron chi connectivity index (χ4n) is 2.96. The number of hydrogen-bond acceptors (Lipinski definition) is 2. The lowest BCUT2D eigenvalue weighted by molar-refractivity contribution is 0.305. The van der Waals surface area contributed by atoms with Crippen LogP contribution in [0, 0.1) is 6.92 Å². The second kappa shape index (κ2) is 5.68. The third-order valence-corrected chi connectivity index (χ3v) is 4.07. The molecule has 0 aliphatic heterocycles. The largest absolute Gasteiger partial charge is 0.489 e. The maximum atomic E-state index is 6.24. The Balaban J connectivity index is 1.81. The number of benzene rings is 2. The second-order valence-electron chi connectivity index (χ2n) is 5.58. The standard InChI is InChI=1S/C18H21NO/c1-13-10-15(20-12-14-6-3-2-4-7-14)11-17-16(13)8-5-9-18(17)19/h2-4,6-7,10-11,18H,5,8-9,12,19H2,1H3/t18-/m1/s1. The first-order chi connectivity index (χ1) is 9.74. The molecule has 0 amide bonds. The Morgan fingerprint density at radius 1 is 1.20 bits per heavy atom. The van der Waals surface area contributed by atoms with Crippen molar-refractivity contribution in [3.63, 3.8) is 0 Å².